The summed E-state index contributed by atoms with van der Waals surface area (Å²) >= 11 is 0. The molecule has 0 aromatic carbocycles. The summed E-state index contributed by atoms with van der Waals surface area (Å²) in [6.45, 7) is 2.70. The van der Waals surface area contributed by atoms with Gasteiger partial charge in [-0.05, 0) is 43.9 Å². The first-order chi connectivity index (χ1) is 10.1. The predicted octanol–water partition coefficient (Wildman–Crippen LogP) is 1.32. The lowest BCUT2D eigenvalue weighted by Gasteiger charge is -2.45. The number of amides is 2. The third-order valence-electron chi connectivity index (χ3n) is 4.86. The molecule has 2 saturated carbocycles. The number of rotatable bonds is 6. The average molecular weight is 295 g/mol. The maximum atomic E-state index is 12.1. The Labute approximate surface area is 127 Å². The van der Waals surface area contributed by atoms with Gasteiger partial charge in [-0.3, -0.25) is 9.59 Å². The highest BCUT2D eigenvalue weighted by Crippen LogP contribution is 2.39. The minimum atomic E-state index is -0.0298. The van der Waals surface area contributed by atoms with E-state index in [4.69, 9.17) is 5.73 Å². The molecule has 2 bridgehead atoms. The summed E-state index contributed by atoms with van der Waals surface area (Å²) in [5.74, 6) is 1.05. The number of hydrogen-bond donors (Lipinski definition) is 3. The molecule has 2 aliphatic carbocycles. The highest BCUT2D eigenvalue weighted by Gasteiger charge is 2.39. The molecular formula is C16H29N3O2. The summed E-state index contributed by atoms with van der Waals surface area (Å²) in [6, 6.07) is 0.582. The van der Waals surface area contributed by atoms with E-state index in [1.807, 2.05) is 6.92 Å². The molecule has 2 amide bonds. The Kier molecular flexibility index (Phi) is 6.03. The lowest BCUT2D eigenvalue weighted by atomic mass is 9.67. The summed E-state index contributed by atoms with van der Waals surface area (Å²) in [6.07, 6.45) is 7.15. The first kappa shape index (κ1) is 16.3. The fourth-order valence-corrected chi connectivity index (χ4v) is 3.86. The molecule has 2 atom stereocenters. The van der Waals surface area contributed by atoms with Crippen molar-refractivity contribution in [2.45, 2.75) is 70.4 Å². The molecule has 5 heteroatoms. The molecule has 2 fully saturated rings. The van der Waals surface area contributed by atoms with Crippen LogP contribution in [0.2, 0.25) is 0 Å². The third-order valence-corrected chi connectivity index (χ3v) is 4.86. The Bertz CT molecular complexity index is 359. The van der Waals surface area contributed by atoms with Crippen molar-refractivity contribution >= 4 is 11.8 Å². The molecule has 0 spiro atoms. The van der Waals surface area contributed by atoms with Gasteiger partial charge in [-0.15, -0.1) is 0 Å². The Balaban J connectivity index is 1.76. The van der Waals surface area contributed by atoms with Gasteiger partial charge < -0.3 is 16.4 Å². The fraction of sp³-hybridized carbons (Fsp3) is 0.875. The van der Waals surface area contributed by atoms with Gasteiger partial charge in [-0.2, -0.15) is 0 Å². The van der Waals surface area contributed by atoms with Crippen LogP contribution in [-0.4, -0.2) is 30.4 Å². The van der Waals surface area contributed by atoms with Crippen LogP contribution in [0.4, 0.5) is 0 Å². The predicted molar refractivity (Wildman–Crippen MR) is 82.5 cm³/mol. The highest BCUT2D eigenvalue weighted by molar-refractivity contribution is 5.83. The van der Waals surface area contributed by atoms with Gasteiger partial charge in [0.1, 0.15) is 0 Å². The molecule has 0 saturated heterocycles. The fourth-order valence-electron chi connectivity index (χ4n) is 3.86. The second kappa shape index (κ2) is 7.78. The average Bonchev–Trinajstić information content (AvgIpc) is 2.44. The molecule has 4 N–H and O–H groups in total. The van der Waals surface area contributed by atoms with Crippen LogP contribution in [0.5, 0.6) is 0 Å². The molecule has 0 aromatic heterocycles. The van der Waals surface area contributed by atoms with Crippen molar-refractivity contribution in [3.05, 3.63) is 0 Å². The third kappa shape index (κ3) is 4.70. The quantitative estimate of drug-likeness (QED) is 0.691. The number of nitrogens with two attached hydrogens (primary N) is 1. The molecule has 2 rings (SSSR count). The second-order valence-corrected chi connectivity index (χ2v) is 6.63. The van der Waals surface area contributed by atoms with Crippen molar-refractivity contribution in [2.24, 2.45) is 17.6 Å². The van der Waals surface area contributed by atoms with Gasteiger partial charge in [-0.25, -0.2) is 0 Å². The molecule has 0 heterocycles. The van der Waals surface area contributed by atoms with E-state index in [2.05, 4.69) is 10.6 Å². The topological polar surface area (TPSA) is 84.2 Å². The summed E-state index contributed by atoms with van der Waals surface area (Å²) in [7, 11) is 0. The summed E-state index contributed by atoms with van der Waals surface area (Å²) in [4.78, 5) is 23.6. The van der Waals surface area contributed by atoms with E-state index >= 15 is 0 Å². The zero-order valence-electron chi connectivity index (χ0n) is 13.1. The van der Waals surface area contributed by atoms with Gasteiger partial charge in [-0.1, -0.05) is 13.3 Å². The van der Waals surface area contributed by atoms with Gasteiger partial charge >= 0.3 is 0 Å². The van der Waals surface area contributed by atoms with E-state index in [9.17, 15) is 9.59 Å². The van der Waals surface area contributed by atoms with Crippen LogP contribution < -0.4 is 16.4 Å². The van der Waals surface area contributed by atoms with Crippen molar-refractivity contribution in [1.82, 2.24) is 10.6 Å². The van der Waals surface area contributed by atoms with Crippen molar-refractivity contribution in [3.63, 3.8) is 0 Å². The van der Waals surface area contributed by atoms with E-state index in [0.717, 1.165) is 19.3 Å². The van der Waals surface area contributed by atoms with E-state index in [1.54, 1.807) is 0 Å². The van der Waals surface area contributed by atoms with Crippen LogP contribution in [0.25, 0.3) is 0 Å². The van der Waals surface area contributed by atoms with E-state index in [0.29, 0.717) is 24.4 Å². The number of fused-ring (bicyclic) bond motifs is 2. The first-order valence-electron chi connectivity index (χ1n) is 8.41. The second-order valence-electron chi connectivity index (χ2n) is 6.63. The van der Waals surface area contributed by atoms with Crippen LogP contribution in [-0.2, 0) is 9.59 Å². The summed E-state index contributed by atoms with van der Waals surface area (Å²) in [5.41, 5.74) is 6.10. The number of nitrogens with one attached hydrogen (secondary N) is 2. The first-order valence-corrected chi connectivity index (χ1v) is 8.41. The van der Waals surface area contributed by atoms with E-state index in [1.165, 1.54) is 19.3 Å². The standard InChI is InChI=1S/C16H29N3O2/c1-2-8-18-14(20)6-7-15(21)19-16-11-4-3-5-12(16)10-13(17)9-11/h11-13,16H,2-10,17H2,1H3,(H,18,20)(H,19,21). The van der Waals surface area contributed by atoms with Gasteiger partial charge in [0.15, 0.2) is 0 Å². The van der Waals surface area contributed by atoms with Crippen molar-refractivity contribution < 1.29 is 9.59 Å². The summed E-state index contributed by atoms with van der Waals surface area (Å²) in [5, 5.41) is 5.98. The van der Waals surface area contributed by atoms with E-state index in [-0.39, 0.29) is 30.7 Å². The lowest BCUT2D eigenvalue weighted by molar-refractivity contribution is -0.127. The zero-order chi connectivity index (χ0) is 15.2. The minimum absolute atomic E-state index is 0.0130. The highest BCUT2D eigenvalue weighted by atomic mass is 16.2. The van der Waals surface area contributed by atoms with Gasteiger partial charge in [0.25, 0.3) is 0 Å². The molecule has 21 heavy (non-hydrogen) atoms. The molecule has 0 aliphatic heterocycles. The molecule has 2 unspecified atom stereocenters. The number of carbonyl (C=O) groups excluding carboxylic acids is 2. The Morgan fingerprint density at radius 3 is 2.33 bits per heavy atom. The van der Waals surface area contributed by atoms with E-state index < -0.39 is 0 Å². The smallest absolute Gasteiger partial charge is 0.220 e. The maximum absolute atomic E-state index is 12.1. The normalized spacial score (nSPS) is 31.5. The molecule has 120 valence electrons. The molecule has 2 aliphatic rings. The zero-order valence-corrected chi connectivity index (χ0v) is 13.1. The Morgan fingerprint density at radius 1 is 1.10 bits per heavy atom. The molecular weight excluding hydrogens is 266 g/mol. The monoisotopic (exact) mass is 295 g/mol. The van der Waals surface area contributed by atoms with Crippen LogP contribution in [0.1, 0.15) is 58.3 Å². The number of hydrogen-bond acceptors (Lipinski definition) is 3. The minimum Gasteiger partial charge on any atom is -0.356 e. The van der Waals surface area contributed by atoms with Crippen molar-refractivity contribution in [3.8, 4) is 0 Å². The Morgan fingerprint density at radius 2 is 1.71 bits per heavy atom. The Hall–Kier alpha value is -1.10. The van der Waals surface area contributed by atoms with Gasteiger partial charge in [0.05, 0.1) is 0 Å². The van der Waals surface area contributed by atoms with Crippen molar-refractivity contribution in [2.75, 3.05) is 6.54 Å². The largest absolute Gasteiger partial charge is 0.356 e. The summed E-state index contributed by atoms with van der Waals surface area (Å²) < 4.78 is 0. The SMILES string of the molecule is CCCNC(=O)CCC(=O)NC1C2CCCC1CC(N)C2. The molecule has 5 nitrogen and oxygen atoms in total. The number of carbonyl (C=O) groups is 2. The molecule has 0 aromatic rings. The van der Waals surface area contributed by atoms with Crippen LogP contribution in [0.3, 0.4) is 0 Å². The lowest BCUT2D eigenvalue weighted by Crippen LogP contribution is -2.53. The van der Waals surface area contributed by atoms with Crippen LogP contribution >= 0.6 is 0 Å². The maximum Gasteiger partial charge on any atom is 0.220 e. The molecule has 0 radical (unpaired) electrons. The van der Waals surface area contributed by atoms with Gasteiger partial charge in [0, 0.05) is 31.5 Å². The van der Waals surface area contributed by atoms with Crippen LogP contribution in [0.15, 0.2) is 0 Å². The van der Waals surface area contributed by atoms with Gasteiger partial charge in [0.2, 0.25) is 11.8 Å². The van der Waals surface area contributed by atoms with Crippen molar-refractivity contribution in [1.29, 1.82) is 0 Å². The van der Waals surface area contributed by atoms with Crippen LogP contribution in [0, 0.1) is 11.8 Å².